The fourth-order valence-electron chi connectivity index (χ4n) is 5.36. The number of Topliss-reactive ketones (excluding diaryl/α,β-unsaturated/α-hetero) is 1. The number of carboxylic acid groups (broad SMARTS) is 1. The van der Waals surface area contributed by atoms with Crippen molar-refractivity contribution in [2.75, 3.05) is 6.54 Å². The lowest BCUT2D eigenvalue weighted by Crippen LogP contribution is -2.55. The summed E-state index contributed by atoms with van der Waals surface area (Å²) in [6.07, 6.45) is 1.92. The summed E-state index contributed by atoms with van der Waals surface area (Å²) in [4.78, 5) is 51.5. The van der Waals surface area contributed by atoms with Crippen LogP contribution in [0.1, 0.15) is 52.1 Å². The molecule has 1 saturated carbocycles. The lowest BCUT2D eigenvalue weighted by atomic mass is 9.60. The molecule has 8 nitrogen and oxygen atoms in total. The fraction of sp³-hybridized carbons (Fsp3) is 0.308. The van der Waals surface area contributed by atoms with Crippen molar-refractivity contribution < 1.29 is 24.3 Å². The van der Waals surface area contributed by atoms with E-state index in [2.05, 4.69) is 5.32 Å². The van der Waals surface area contributed by atoms with E-state index in [0.29, 0.717) is 35.7 Å². The molecule has 3 aromatic rings. The van der Waals surface area contributed by atoms with Crippen LogP contribution in [0.5, 0.6) is 0 Å². The molecule has 1 aliphatic rings. The number of primary amides is 1. The Hall–Kier alpha value is -3.94. The van der Waals surface area contributed by atoms with Crippen LogP contribution in [0.2, 0.25) is 0 Å². The molecule has 0 spiro atoms. The van der Waals surface area contributed by atoms with Gasteiger partial charge >= 0.3 is 5.97 Å². The summed E-state index contributed by atoms with van der Waals surface area (Å²) in [6.45, 7) is -0.227. The molecular formula is C26H27N3O5. The van der Waals surface area contributed by atoms with Gasteiger partial charge in [-0.25, -0.2) is 4.79 Å². The zero-order valence-corrected chi connectivity index (χ0v) is 18.9. The Morgan fingerprint density at radius 1 is 1.06 bits per heavy atom. The quantitative estimate of drug-likeness (QED) is 0.466. The van der Waals surface area contributed by atoms with Gasteiger partial charge in [0.2, 0.25) is 11.8 Å². The minimum absolute atomic E-state index is 0.0555. The summed E-state index contributed by atoms with van der Waals surface area (Å²) in [6, 6.07) is 15.7. The maximum absolute atomic E-state index is 13.4. The number of carbonyl (C=O) groups is 4. The number of hydrogen-bond acceptors (Lipinski definition) is 4. The number of benzene rings is 2. The molecule has 2 aromatic carbocycles. The van der Waals surface area contributed by atoms with Gasteiger partial charge < -0.3 is 20.7 Å². The van der Waals surface area contributed by atoms with E-state index in [-0.39, 0.29) is 30.0 Å². The smallest absolute Gasteiger partial charge is 0.352 e. The Balaban J connectivity index is 1.78. The molecule has 0 unspecified atom stereocenters. The molecule has 0 radical (unpaired) electrons. The highest BCUT2D eigenvalue weighted by Gasteiger charge is 2.53. The molecule has 0 aliphatic heterocycles. The third-order valence-electron chi connectivity index (χ3n) is 6.94. The van der Waals surface area contributed by atoms with E-state index in [1.54, 1.807) is 61.6 Å². The second kappa shape index (κ2) is 9.13. The molecule has 0 saturated heterocycles. The molecule has 1 fully saturated rings. The number of carbonyl (C=O) groups excluding carboxylic acids is 3. The number of carboxylic acids is 1. The molecule has 2 atom stereocenters. The number of rotatable bonds is 7. The monoisotopic (exact) mass is 461 g/mol. The third-order valence-corrected chi connectivity index (χ3v) is 6.94. The first-order chi connectivity index (χ1) is 16.3. The van der Waals surface area contributed by atoms with Crippen LogP contribution in [0.4, 0.5) is 0 Å². The van der Waals surface area contributed by atoms with Crippen LogP contribution in [0.25, 0.3) is 10.9 Å². The maximum Gasteiger partial charge on any atom is 0.352 e. The highest BCUT2D eigenvalue weighted by molar-refractivity contribution is 6.06. The zero-order chi connectivity index (χ0) is 24.5. The SMILES string of the molecule is Cn1c(C(=O)O)c([C@]2(C(N)=O)CCCC[C@H]2C(=O)NCC(=O)c2ccccc2)c2ccccc21. The Bertz CT molecular complexity index is 1280. The van der Waals surface area contributed by atoms with Gasteiger partial charge in [-0.2, -0.15) is 0 Å². The highest BCUT2D eigenvalue weighted by atomic mass is 16.4. The van der Waals surface area contributed by atoms with Crippen molar-refractivity contribution >= 4 is 34.5 Å². The number of aromatic carboxylic acids is 1. The van der Waals surface area contributed by atoms with Gasteiger partial charge in [0, 0.05) is 29.1 Å². The lowest BCUT2D eigenvalue weighted by Gasteiger charge is -2.41. The first-order valence-electron chi connectivity index (χ1n) is 11.3. The zero-order valence-electron chi connectivity index (χ0n) is 18.9. The molecule has 0 bridgehead atoms. The summed E-state index contributed by atoms with van der Waals surface area (Å²) in [5.74, 6) is -3.57. The third kappa shape index (κ3) is 3.75. The van der Waals surface area contributed by atoms with Crippen LogP contribution in [-0.2, 0) is 22.1 Å². The van der Waals surface area contributed by atoms with Crippen LogP contribution in [0, 0.1) is 5.92 Å². The summed E-state index contributed by atoms with van der Waals surface area (Å²) in [5.41, 5.74) is 5.81. The molecule has 4 N–H and O–H groups in total. The average Bonchev–Trinajstić information content (AvgIpc) is 3.15. The van der Waals surface area contributed by atoms with Crippen molar-refractivity contribution in [3.63, 3.8) is 0 Å². The van der Waals surface area contributed by atoms with Gasteiger partial charge in [0.15, 0.2) is 5.78 Å². The molecular weight excluding hydrogens is 434 g/mol. The minimum Gasteiger partial charge on any atom is -0.477 e. The first kappa shape index (κ1) is 23.2. The van der Waals surface area contributed by atoms with E-state index in [0.717, 1.165) is 0 Å². The average molecular weight is 462 g/mol. The number of nitrogens with zero attached hydrogens (tertiary/aromatic N) is 1. The Kier molecular flexibility index (Phi) is 6.24. The van der Waals surface area contributed by atoms with Gasteiger partial charge in [-0.1, -0.05) is 61.4 Å². The first-order valence-corrected chi connectivity index (χ1v) is 11.3. The molecule has 1 heterocycles. The van der Waals surface area contributed by atoms with Crippen molar-refractivity contribution in [1.29, 1.82) is 0 Å². The summed E-state index contributed by atoms with van der Waals surface area (Å²) in [5, 5.41) is 13.4. The fourth-order valence-corrected chi connectivity index (χ4v) is 5.36. The van der Waals surface area contributed by atoms with Gasteiger partial charge in [-0.15, -0.1) is 0 Å². The van der Waals surface area contributed by atoms with Gasteiger partial charge in [0.05, 0.1) is 17.9 Å². The van der Waals surface area contributed by atoms with Crippen molar-refractivity contribution in [2.24, 2.45) is 18.7 Å². The molecule has 1 aromatic heterocycles. The molecule has 4 rings (SSSR count). The standard InChI is InChI=1S/C26H27N3O5/c1-29-19-13-6-5-11-17(19)21(22(29)24(32)33)26(25(27)34)14-8-7-12-18(26)23(31)28-15-20(30)16-9-3-2-4-10-16/h2-6,9-11,13,18H,7-8,12,14-15H2,1H3,(H2,27,34)(H,28,31)(H,32,33)/t18-,26-/m0/s1. The number of aryl methyl sites for hydroxylation is 1. The van der Waals surface area contributed by atoms with Gasteiger partial charge in [0.1, 0.15) is 5.69 Å². The van der Waals surface area contributed by atoms with Crippen molar-refractivity contribution in [3.05, 3.63) is 71.4 Å². The van der Waals surface area contributed by atoms with E-state index < -0.39 is 29.1 Å². The molecule has 176 valence electrons. The van der Waals surface area contributed by atoms with Crippen LogP contribution >= 0.6 is 0 Å². The predicted molar refractivity (Wildman–Crippen MR) is 126 cm³/mol. The number of nitrogens with two attached hydrogens (primary N) is 1. The van der Waals surface area contributed by atoms with Gasteiger partial charge in [-0.3, -0.25) is 14.4 Å². The Morgan fingerprint density at radius 2 is 1.74 bits per heavy atom. The van der Waals surface area contributed by atoms with Crippen molar-refractivity contribution in [2.45, 2.75) is 31.1 Å². The minimum atomic E-state index is -1.51. The molecule has 2 amide bonds. The number of para-hydroxylation sites is 1. The normalized spacial score (nSPS) is 20.1. The number of ketones is 1. The molecule has 1 aliphatic carbocycles. The van der Waals surface area contributed by atoms with E-state index in [1.165, 1.54) is 4.57 Å². The van der Waals surface area contributed by atoms with E-state index in [1.807, 2.05) is 0 Å². The van der Waals surface area contributed by atoms with Crippen LogP contribution in [0.15, 0.2) is 54.6 Å². The maximum atomic E-state index is 13.4. The van der Waals surface area contributed by atoms with E-state index >= 15 is 0 Å². The van der Waals surface area contributed by atoms with Crippen LogP contribution in [0.3, 0.4) is 0 Å². The predicted octanol–water partition coefficient (Wildman–Crippen LogP) is 2.79. The number of aromatic nitrogens is 1. The highest BCUT2D eigenvalue weighted by Crippen LogP contribution is 2.48. The van der Waals surface area contributed by atoms with E-state index in [4.69, 9.17) is 5.73 Å². The van der Waals surface area contributed by atoms with Gasteiger partial charge in [-0.05, 0) is 18.9 Å². The largest absolute Gasteiger partial charge is 0.477 e. The number of amides is 2. The van der Waals surface area contributed by atoms with Crippen molar-refractivity contribution in [3.8, 4) is 0 Å². The topological polar surface area (TPSA) is 131 Å². The Labute approximate surface area is 196 Å². The second-order valence-electron chi connectivity index (χ2n) is 8.75. The number of hydrogen-bond donors (Lipinski definition) is 3. The number of nitrogens with one attached hydrogen (secondary N) is 1. The second-order valence-corrected chi connectivity index (χ2v) is 8.75. The number of fused-ring (bicyclic) bond motifs is 1. The van der Waals surface area contributed by atoms with Crippen LogP contribution in [-0.4, -0.2) is 39.8 Å². The van der Waals surface area contributed by atoms with Crippen LogP contribution < -0.4 is 11.1 Å². The summed E-state index contributed by atoms with van der Waals surface area (Å²) < 4.78 is 1.53. The summed E-state index contributed by atoms with van der Waals surface area (Å²) in [7, 11) is 1.63. The molecule has 8 heteroatoms. The van der Waals surface area contributed by atoms with Gasteiger partial charge in [0.25, 0.3) is 0 Å². The molecule has 34 heavy (non-hydrogen) atoms. The van der Waals surface area contributed by atoms with Crippen molar-refractivity contribution in [1.82, 2.24) is 9.88 Å². The van der Waals surface area contributed by atoms with E-state index in [9.17, 15) is 24.3 Å². The lowest BCUT2D eigenvalue weighted by molar-refractivity contribution is -0.137. The Morgan fingerprint density at radius 3 is 2.41 bits per heavy atom. The summed E-state index contributed by atoms with van der Waals surface area (Å²) >= 11 is 0.